The number of fused-ring (bicyclic) bond motifs is 1. The number of benzene rings is 1. The van der Waals surface area contributed by atoms with E-state index in [9.17, 15) is 4.79 Å². The first-order valence-corrected chi connectivity index (χ1v) is 10.8. The molecule has 3 heterocycles. The summed E-state index contributed by atoms with van der Waals surface area (Å²) in [6.07, 6.45) is 5.28. The van der Waals surface area contributed by atoms with Crippen LogP contribution in [0.15, 0.2) is 30.5 Å². The van der Waals surface area contributed by atoms with Crippen molar-refractivity contribution in [3.05, 3.63) is 36.0 Å². The van der Waals surface area contributed by atoms with Gasteiger partial charge in [0.25, 0.3) is 5.91 Å². The summed E-state index contributed by atoms with van der Waals surface area (Å²) in [6.45, 7) is 3.71. The Hall–Kier alpha value is -3.00. The van der Waals surface area contributed by atoms with E-state index in [4.69, 9.17) is 18.9 Å². The number of carbonyl (C=O) groups excluding carboxylic acids is 1. The summed E-state index contributed by atoms with van der Waals surface area (Å²) >= 11 is 0. The molecule has 0 bridgehead atoms. The van der Waals surface area contributed by atoms with E-state index in [1.807, 2.05) is 24.3 Å². The van der Waals surface area contributed by atoms with Crippen molar-refractivity contribution in [1.82, 2.24) is 4.98 Å². The molecule has 8 heteroatoms. The smallest absolute Gasteiger partial charge is 0.266 e. The number of carbonyl (C=O) groups is 1. The van der Waals surface area contributed by atoms with Gasteiger partial charge in [0.1, 0.15) is 17.1 Å². The van der Waals surface area contributed by atoms with Crippen molar-refractivity contribution in [2.75, 3.05) is 56.6 Å². The number of morpholine rings is 1. The lowest BCUT2D eigenvalue weighted by Gasteiger charge is -2.31. The second-order valence-electron chi connectivity index (χ2n) is 8.06. The fourth-order valence-corrected chi connectivity index (χ4v) is 3.89. The van der Waals surface area contributed by atoms with Crippen LogP contribution in [-0.2, 0) is 4.74 Å². The molecule has 5 rings (SSSR count). The molecular formula is C23H27N3O5. The lowest BCUT2D eigenvalue weighted by molar-refractivity contribution is 0.0936. The van der Waals surface area contributed by atoms with Crippen molar-refractivity contribution in [1.29, 1.82) is 0 Å². The average Bonchev–Trinajstić information content (AvgIpc) is 3.64. The highest BCUT2D eigenvalue weighted by atomic mass is 16.5. The van der Waals surface area contributed by atoms with E-state index < -0.39 is 0 Å². The Morgan fingerprint density at radius 1 is 1.16 bits per heavy atom. The van der Waals surface area contributed by atoms with Crippen LogP contribution in [0.2, 0.25) is 0 Å². The molecule has 0 unspecified atom stereocenters. The molecule has 2 aliphatic heterocycles. The van der Waals surface area contributed by atoms with E-state index in [-0.39, 0.29) is 12.6 Å². The highest BCUT2D eigenvalue weighted by Crippen LogP contribution is 2.37. The average molecular weight is 425 g/mol. The van der Waals surface area contributed by atoms with Crippen LogP contribution in [0, 0.1) is 5.92 Å². The van der Waals surface area contributed by atoms with Gasteiger partial charge in [-0.05, 0) is 24.5 Å². The van der Waals surface area contributed by atoms with Crippen molar-refractivity contribution in [2.24, 2.45) is 5.92 Å². The number of methoxy groups -OCH3 is 1. The molecule has 3 aliphatic rings. The minimum Gasteiger partial charge on any atom is -0.493 e. The number of ether oxygens (including phenoxy) is 4. The minimum absolute atomic E-state index is 0.128. The van der Waals surface area contributed by atoms with Crippen LogP contribution < -0.4 is 24.0 Å². The van der Waals surface area contributed by atoms with E-state index in [1.165, 1.54) is 12.8 Å². The summed E-state index contributed by atoms with van der Waals surface area (Å²) in [5.74, 6) is 3.32. The molecule has 1 aliphatic carbocycles. The second-order valence-corrected chi connectivity index (χ2v) is 8.06. The fourth-order valence-electron chi connectivity index (χ4n) is 3.89. The van der Waals surface area contributed by atoms with Gasteiger partial charge in [-0.1, -0.05) is 12.8 Å². The van der Waals surface area contributed by atoms with Crippen molar-refractivity contribution >= 4 is 17.4 Å². The molecule has 2 aromatic rings. The summed E-state index contributed by atoms with van der Waals surface area (Å²) in [5, 5.41) is 0. The number of rotatable bonds is 7. The van der Waals surface area contributed by atoms with Gasteiger partial charge in [-0.2, -0.15) is 0 Å². The number of hydrogen-bond donors (Lipinski definition) is 0. The maximum Gasteiger partial charge on any atom is 0.266 e. The van der Waals surface area contributed by atoms with Gasteiger partial charge >= 0.3 is 0 Å². The molecule has 1 saturated carbocycles. The van der Waals surface area contributed by atoms with Crippen molar-refractivity contribution < 1.29 is 23.7 Å². The maximum absolute atomic E-state index is 13.1. The Morgan fingerprint density at radius 3 is 2.77 bits per heavy atom. The largest absolute Gasteiger partial charge is 0.493 e. The van der Waals surface area contributed by atoms with E-state index in [1.54, 1.807) is 18.2 Å². The monoisotopic (exact) mass is 425 g/mol. The van der Waals surface area contributed by atoms with E-state index in [0.717, 1.165) is 31.2 Å². The molecule has 0 radical (unpaired) electrons. The lowest BCUT2D eigenvalue weighted by Crippen LogP contribution is -2.40. The predicted molar refractivity (Wildman–Crippen MR) is 115 cm³/mol. The molecule has 8 nitrogen and oxygen atoms in total. The van der Waals surface area contributed by atoms with Gasteiger partial charge in [0.05, 0.1) is 32.6 Å². The van der Waals surface area contributed by atoms with Gasteiger partial charge in [-0.15, -0.1) is 0 Å². The van der Waals surface area contributed by atoms with Gasteiger partial charge in [-0.25, -0.2) is 4.98 Å². The molecule has 1 aromatic carbocycles. The fraction of sp³-hybridized carbons (Fsp3) is 0.478. The number of amides is 1. The van der Waals surface area contributed by atoms with Crippen molar-refractivity contribution in [2.45, 2.75) is 19.3 Å². The van der Waals surface area contributed by atoms with Crippen LogP contribution in [0.25, 0.3) is 0 Å². The SMILES string of the molecule is COc1cc(N2COc3cc(N4CCOCC4)ncc3C2=O)ccc1OCCC1CC1. The first-order chi connectivity index (χ1) is 15.2. The van der Waals surface area contributed by atoms with Crippen LogP contribution in [0.1, 0.15) is 29.6 Å². The third-order valence-electron chi connectivity index (χ3n) is 5.95. The summed E-state index contributed by atoms with van der Waals surface area (Å²) < 4.78 is 22.7. The van der Waals surface area contributed by atoms with Crippen LogP contribution in [0.5, 0.6) is 17.2 Å². The van der Waals surface area contributed by atoms with Gasteiger partial charge in [0.15, 0.2) is 18.2 Å². The molecule has 1 saturated heterocycles. The van der Waals surface area contributed by atoms with E-state index >= 15 is 0 Å². The van der Waals surface area contributed by atoms with Gasteiger partial charge in [0.2, 0.25) is 0 Å². The summed E-state index contributed by atoms with van der Waals surface area (Å²) in [6, 6.07) is 7.36. The third kappa shape index (κ3) is 4.25. The number of hydrogen-bond acceptors (Lipinski definition) is 7. The van der Waals surface area contributed by atoms with Gasteiger partial charge in [-0.3, -0.25) is 9.69 Å². The Labute approximate surface area is 181 Å². The number of nitrogens with zero attached hydrogens (tertiary/aromatic N) is 3. The van der Waals surface area contributed by atoms with Crippen LogP contribution >= 0.6 is 0 Å². The van der Waals surface area contributed by atoms with E-state index in [0.29, 0.717) is 48.3 Å². The number of aromatic nitrogens is 1. The highest BCUT2D eigenvalue weighted by molar-refractivity contribution is 6.08. The molecule has 0 spiro atoms. The van der Waals surface area contributed by atoms with E-state index in [2.05, 4.69) is 9.88 Å². The third-order valence-corrected chi connectivity index (χ3v) is 5.95. The van der Waals surface area contributed by atoms with Crippen LogP contribution in [0.4, 0.5) is 11.5 Å². The molecule has 0 N–H and O–H groups in total. The van der Waals surface area contributed by atoms with Gasteiger partial charge < -0.3 is 23.8 Å². The minimum atomic E-state index is -0.147. The summed E-state index contributed by atoms with van der Waals surface area (Å²) in [7, 11) is 1.60. The lowest BCUT2D eigenvalue weighted by atomic mass is 10.1. The van der Waals surface area contributed by atoms with Crippen molar-refractivity contribution in [3.63, 3.8) is 0 Å². The molecule has 2 fully saturated rings. The maximum atomic E-state index is 13.1. The second kappa shape index (κ2) is 8.63. The predicted octanol–water partition coefficient (Wildman–Crippen LogP) is 3.10. The summed E-state index contributed by atoms with van der Waals surface area (Å²) in [4.78, 5) is 21.4. The first kappa shape index (κ1) is 19.9. The Morgan fingerprint density at radius 2 is 2.00 bits per heavy atom. The zero-order chi connectivity index (χ0) is 21.2. The zero-order valence-electron chi connectivity index (χ0n) is 17.7. The first-order valence-electron chi connectivity index (χ1n) is 10.8. The number of anilines is 2. The summed E-state index contributed by atoms with van der Waals surface area (Å²) in [5.41, 5.74) is 1.14. The Kier molecular flexibility index (Phi) is 5.55. The normalized spacial score (nSPS) is 18.4. The quantitative estimate of drug-likeness (QED) is 0.675. The van der Waals surface area contributed by atoms with Crippen LogP contribution in [-0.4, -0.2) is 57.6 Å². The van der Waals surface area contributed by atoms with Gasteiger partial charge in [0, 0.05) is 31.4 Å². The molecule has 0 atom stereocenters. The molecule has 1 amide bonds. The molecule has 31 heavy (non-hydrogen) atoms. The topological polar surface area (TPSA) is 73.4 Å². The van der Waals surface area contributed by atoms with Crippen LogP contribution in [0.3, 0.4) is 0 Å². The number of pyridine rings is 1. The standard InChI is InChI=1S/C23H27N3O5/c1-28-21-12-17(4-5-19(21)30-9-6-16-2-3-16)26-15-31-20-13-22(24-14-18(20)23(26)27)25-7-10-29-11-8-25/h4-5,12-14,16H,2-3,6-11,15H2,1H3. The molecule has 1 aromatic heterocycles. The highest BCUT2D eigenvalue weighted by Gasteiger charge is 2.29. The zero-order valence-corrected chi connectivity index (χ0v) is 17.7. The Bertz CT molecular complexity index is 956. The molecule has 164 valence electrons. The Balaban J connectivity index is 1.31. The van der Waals surface area contributed by atoms with Crippen molar-refractivity contribution in [3.8, 4) is 17.2 Å². The molecular weight excluding hydrogens is 398 g/mol.